The van der Waals surface area contributed by atoms with Gasteiger partial charge in [-0.2, -0.15) is 0 Å². The molecule has 0 aliphatic heterocycles. The van der Waals surface area contributed by atoms with E-state index in [2.05, 4.69) is 21.8 Å². The minimum atomic E-state index is -0.190. The third-order valence-corrected chi connectivity index (χ3v) is 3.14. The molecule has 1 heterocycles. The summed E-state index contributed by atoms with van der Waals surface area (Å²) in [5.41, 5.74) is 1.05. The summed E-state index contributed by atoms with van der Waals surface area (Å²) >= 11 is 1.41. The Morgan fingerprint density at radius 2 is 2.35 bits per heavy atom. The van der Waals surface area contributed by atoms with Gasteiger partial charge in [0.15, 0.2) is 10.9 Å². The Balaban J connectivity index is 2.25. The van der Waals surface area contributed by atoms with Gasteiger partial charge >= 0.3 is 0 Å². The van der Waals surface area contributed by atoms with Crippen molar-refractivity contribution in [3.8, 4) is 0 Å². The number of nitrogens with one attached hydrogen (secondary N) is 1. The van der Waals surface area contributed by atoms with Gasteiger partial charge in [0.25, 0.3) is 5.56 Å². The quantitative estimate of drug-likeness (QED) is 0.654. The third kappa shape index (κ3) is 2.94. The number of hydrogen-bond acceptors (Lipinski definition) is 4. The lowest BCUT2D eigenvalue weighted by Crippen LogP contribution is -2.17. The second-order valence-electron chi connectivity index (χ2n) is 3.55. The highest BCUT2D eigenvalue weighted by Crippen LogP contribution is 2.17. The number of H-pyrrole nitrogens is 1. The first kappa shape index (κ1) is 11.9. The highest BCUT2D eigenvalue weighted by molar-refractivity contribution is 7.99. The summed E-state index contributed by atoms with van der Waals surface area (Å²) in [6, 6.07) is 0. The van der Waals surface area contributed by atoms with Crippen LogP contribution in [0.3, 0.4) is 0 Å². The first-order valence-electron chi connectivity index (χ1n) is 5.39. The second kappa shape index (κ2) is 5.63. The Morgan fingerprint density at radius 1 is 1.47 bits per heavy atom. The zero-order chi connectivity index (χ0) is 12.1. The van der Waals surface area contributed by atoms with Crippen LogP contribution in [0.2, 0.25) is 0 Å². The van der Waals surface area contributed by atoms with Crippen LogP contribution in [0.5, 0.6) is 0 Å². The molecule has 1 aromatic heterocycles. The van der Waals surface area contributed by atoms with Crippen LogP contribution in [0, 0.1) is 0 Å². The summed E-state index contributed by atoms with van der Waals surface area (Å²) in [6.07, 6.45) is 9.68. The number of aromatic nitrogens is 3. The smallest absolute Gasteiger partial charge is 0.278 e. The van der Waals surface area contributed by atoms with Gasteiger partial charge in [-0.25, -0.2) is 0 Å². The molecule has 0 saturated heterocycles. The number of rotatable bonds is 4. The van der Waals surface area contributed by atoms with Gasteiger partial charge in [-0.15, -0.1) is 16.8 Å². The molecule has 0 saturated carbocycles. The molecule has 1 aliphatic rings. The summed E-state index contributed by atoms with van der Waals surface area (Å²) in [5, 5.41) is 8.50. The Bertz CT molecular complexity index is 531. The Morgan fingerprint density at radius 3 is 3.00 bits per heavy atom. The molecule has 0 radical (unpaired) electrons. The van der Waals surface area contributed by atoms with E-state index in [0.29, 0.717) is 16.6 Å². The van der Waals surface area contributed by atoms with E-state index in [9.17, 15) is 4.79 Å². The first-order chi connectivity index (χ1) is 8.31. The van der Waals surface area contributed by atoms with E-state index in [4.69, 9.17) is 0 Å². The van der Waals surface area contributed by atoms with Gasteiger partial charge in [0, 0.05) is 11.3 Å². The van der Waals surface area contributed by atoms with Crippen LogP contribution in [0.15, 0.2) is 40.8 Å². The summed E-state index contributed by atoms with van der Waals surface area (Å²) in [5.74, 6) is 0.701. The van der Waals surface area contributed by atoms with Crippen molar-refractivity contribution in [3.63, 3.8) is 0 Å². The molecule has 0 atom stereocenters. The van der Waals surface area contributed by atoms with Crippen molar-refractivity contribution < 1.29 is 0 Å². The Hall–Kier alpha value is -1.62. The molecule has 4 nitrogen and oxygen atoms in total. The molecular formula is C12H13N3OS. The normalized spacial score (nSPS) is 14.5. The number of aromatic amines is 1. The molecule has 0 bridgehead atoms. The van der Waals surface area contributed by atoms with Crippen molar-refractivity contribution in [1.82, 2.24) is 15.2 Å². The molecule has 2 rings (SSSR count). The summed E-state index contributed by atoms with van der Waals surface area (Å²) < 4.78 is 0. The third-order valence-electron chi connectivity index (χ3n) is 2.28. The average Bonchev–Trinajstić information content (AvgIpc) is 2.37. The molecule has 1 aromatic rings. The molecule has 17 heavy (non-hydrogen) atoms. The molecule has 0 spiro atoms. The van der Waals surface area contributed by atoms with Crippen molar-refractivity contribution >= 4 is 17.3 Å². The highest BCUT2D eigenvalue weighted by atomic mass is 32.2. The van der Waals surface area contributed by atoms with Crippen LogP contribution >= 0.6 is 11.8 Å². The topological polar surface area (TPSA) is 58.6 Å². The average molecular weight is 247 g/mol. The van der Waals surface area contributed by atoms with Crippen LogP contribution in [0.1, 0.15) is 18.5 Å². The lowest BCUT2D eigenvalue weighted by molar-refractivity contribution is 0.806. The lowest BCUT2D eigenvalue weighted by Gasteiger charge is -2.05. The van der Waals surface area contributed by atoms with E-state index in [1.807, 2.05) is 18.2 Å². The predicted octanol–water partition coefficient (Wildman–Crippen LogP) is 2.18. The van der Waals surface area contributed by atoms with Gasteiger partial charge < -0.3 is 0 Å². The van der Waals surface area contributed by atoms with Crippen molar-refractivity contribution in [2.24, 2.45) is 0 Å². The Labute approximate surface area is 104 Å². The van der Waals surface area contributed by atoms with E-state index in [-0.39, 0.29) is 5.56 Å². The van der Waals surface area contributed by atoms with Gasteiger partial charge in [0.2, 0.25) is 0 Å². The molecule has 0 aromatic carbocycles. The van der Waals surface area contributed by atoms with E-state index in [1.165, 1.54) is 11.8 Å². The summed E-state index contributed by atoms with van der Waals surface area (Å²) in [4.78, 5) is 14.5. The minimum Gasteiger partial charge on any atom is -0.298 e. The Kier molecular flexibility index (Phi) is 3.93. The second-order valence-corrected chi connectivity index (χ2v) is 4.56. The number of allylic oxidation sites excluding steroid dienone is 4. The zero-order valence-corrected chi connectivity index (χ0v) is 10.2. The van der Waals surface area contributed by atoms with E-state index < -0.39 is 0 Å². The SMILES string of the molecule is C=CCSc1nnc(C2=CCCC=C2)c(=O)[nH]1. The number of thioether (sulfide) groups is 1. The fourth-order valence-corrected chi connectivity index (χ4v) is 2.04. The maximum absolute atomic E-state index is 11.8. The highest BCUT2D eigenvalue weighted by Gasteiger charge is 2.09. The van der Waals surface area contributed by atoms with Crippen LogP contribution < -0.4 is 5.56 Å². The molecule has 0 fully saturated rings. The van der Waals surface area contributed by atoms with Crippen LogP contribution in [0.4, 0.5) is 0 Å². The van der Waals surface area contributed by atoms with E-state index in [1.54, 1.807) is 6.08 Å². The van der Waals surface area contributed by atoms with Crippen molar-refractivity contribution in [3.05, 3.63) is 46.9 Å². The molecule has 1 N–H and O–H groups in total. The monoisotopic (exact) mass is 247 g/mol. The maximum atomic E-state index is 11.8. The first-order valence-corrected chi connectivity index (χ1v) is 6.37. The molecule has 0 unspecified atom stereocenters. The van der Waals surface area contributed by atoms with Gasteiger partial charge in [-0.3, -0.25) is 9.78 Å². The fourth-order valence-electron chi connectivity index (χ4n) is 1.50. The molecular weight excluding hydrogens is 234 g/mol. The van der Waals surface area contributed by atoms with Crippen LogP contribution in [-0.4, -0.2) is 20.9 Å². The molecule has 88 valence electrons. The fraction of sp³-hybridized carbons (Fsp3) is 0.250. The molecule has 1 aliphatic carbocycles. The summed E-state index contributed by atoms with van der Waals surface area (Å²) in [6.45, 7) is 3.61. The number of nitrogens with zero attached hydrogens (tertiary/aromatic N) is 2. The minimum absolute atomic E-state index is 0.190. The van der Waals surface area contributed by atoms with Crippen molar-refractivity contribution in [1.29, 1.82) is 0 Å². The lowest BCUT2D eigenvalue weighted by atomic mass is 10.1. The standard InChI is InChI=1S/C12H13N3OS/c1-2-8-17-12-13-11(16)10(14-15-12)9-6-4-3-5-7-9/h2,4,6-7H,1,3,5,8H2,(H,13,15,16). The van der Waals surface area contributed by atoms with Crippen molar-refractivity contribution in [2.75, 3.05) is 5.75 Å². The van der Waals surface area contributed by atoms with Crippen LogP contribution in [0.25, 0.3) is 5.57 Å². The van der Waals surface area contributed by atoms with E-state index in [0.717, 1.165) is 18.4 Å². The van der Waals surface area contributed by atoms with E-state index >= 15 is 0 Å². The van der Waals surface area contributed by atoms with Gasteiger partial charge in [0.05, 0.1) is 0 Å². The zero-order valence-electron chi connectivity index (χ0n) is 9.35. The predicted molar refractivity (Wildman–Crippen MR) is 69.9 cm³/mol. The molecule has 5 heteroatoms. The van der Waals surface area contributed by atoms with Crippen LogP contribution in [-0.2, 0) is 0 Å². The molecule has 0 amide bonds. The van der Waals surface area contributed by atoms with Gasteiger partial charge in [0.1, 0.15) is 0 Å². The van der Waals surface area contributed by atoms with Gasteiger partial charge in [-0.05, 0) is 12.8 Å². The van der Waals surface area contributed by atoms with Crippen molar-refractivity contribution in [2.45, 2.75) is 18.0 Å². The van der Waals surface area contributed by atoms with Gasteiger partial charge in [-0.1, -0.05) is 36.1 Å². The number of hydrogen-bond donors (Lipinski definition) is 1. The maximum Gasteiger partial charge on any atom is 0.278 e. The largest absolute Gasteiger partial charge is 0.298 e. The summed E-state index contributed by atoms with van der Waals surface area (Å²) in [7, 11) is 0.